The minimum atomic E-state index is 0.568. The summed E-state index contributed by atoms with van der Waals surface area (Å²) in [5.41, 5.74) is 7.83. The van der Waals surface area contributed by atoms with E-state index in [1.807, 2.05) is 19.2 Å². The lowest BCUT2D eigenvalue weighted by Crippen LogP contribution is -2.40. The Labute approximate surface area is 97.7 Å². The number of rotatable bonds is 1. The molecule has 1 aromatic heterocycles. The van der Waals surface area contributed by atoms with Gasteiger partial charge in [-0.3, -0.25) is 0 Å². The maximum atomic E-state index is 5.93. The van der Waals surface area contributed by atoms with E-state index in [1.165, 1.54) is 12.8 Å². The highest BCUT2D eigenvalue weighted by molar-refractivity contribution is 5.55. The Morgan fingerprint density at radius 2 is 2.19 bits per heavy atom. The maximum Gasteiger partial charge on any atom is 0.130 e. The van der Waals surface area contributed by atoms with Crippen molar-refractivity contribution in [1.29, 1.82) is 0 Å². The molecule has 0 amide bonds. The average Bonchev–Trinajstić information content (AvgIpc) is 2.22. The van der Waals surface area contributed by atoms with E-state index in [-0.39, 0.29) is 0 Å². The molecule has 1 fully saturated rings. The van der Waals surface area contributed by atoms with Gasteiger partial charge in [0, 0.05) is 30.5 Å². The van der Waals surface area contributed by atoms with Crippen molar-refractivity contribution in [3.05, 3.63) is 17.8 Å². The molecule has 2 N–H and O–H groups in total. The van der Waals surface area contributed by atoms with Crippen LogP contribution in [0.25, 0.3) is 0 Å². The predicted molar refractivity (Wildman–Crippen MR) is 68.6 cm³/mol. The molecular formula is C13H21N3. The Kier molecular flexibility index (Phi) is 3.03. The summed E-state index contributed by atoms with van der Waals surface area (Å²) in [6, 6.07) is 2.57. The van der Waals surface area contributed by atoms with E-state index in [0.29, 0.717) is 6.04 Å². The zero-order valence-electron chi connectivity index (χ0n) is 10.4. The second-order valence-corrected chi connectivity index (χ2v) is 5.07. The molecule has 1 aliphatic heterocycles. The number of aromatic nitrogens is 1. The van der Waals surface area contributed by atoms with Crippen LogP contribution in [0.1, 0.15) is 32.3 Å². The lowest BCUT2D eigenvalue weighted by atomic mass is 9.93. The van der Waals surface area contributed by atoms with Crippen LogP contribution in [-0.2, 0) is 0 Å². The van der Waals surface area contributed by atoms with E-state index in [2.05, 4.69) is 23.7 Å². The molecule has 16 heavy (non-hydrogen) atoms. The SMILES string of the molecule is Cc1cnc(N2CCC(C)CC2C)cc1N. The Bertz CT molecular complexity index is 375. The number of nitrogens with two attached hydrogens (primary N) is 1. The number of pyridine rings is 1. The van der Waals surface area contributed by atoms with E-state index in [0.717, 1.165) is 29.5 Å². The van der Waals surface area contributed by atoms with Gasteiger partial charge in [-0.25, -0.2) is 4.98 Å². The normalized spacial score (nSPS) is 25.8. The van der Waals surface area contributed by atoms with Crippen LogP contribution in [0.4, 0.5) is 11.5 Å². The topological polar surface area (TPSA) is 42.2 Å². The van der Waals surface area contributed by atoms with Gasteiger partial charge in [-0.2, -0.15) is 0 Å². The molecule has 88 valence electrons. The first kappa shape index (κ1) is 11.2. The molecule has 1 saturated heterocycles. The van der Waals surface area contributed by atoms with Gasteiger partial charge < -0.3 is 10.6 Å². The second kappa shape index (κ2) is 4.32. The summed E-state index contributed by atoms with van der Waals surface area (Å²) >= 11 is 0. The fourth-order valence-corrected chi connectivity index (χ4v) is 2.43. The maximum absolute atomic E-state index is 5.93. The number of anilines is 2. The summed E-state index contributed by atoms with van der Waals surface area (Å²) in [7, 11) is 0. The van der Waals surface area contributed by atoms with Crippen LogP contribution in [0.15, 0.2) is 12.3 Å². The molecule has 0 saturated carbocycles. The predicted octanol–water partition coefficient (Wildman–Crippen LogP) is 2.60. The fourth-order valence-electron chi connectivity index (χ4n) is 2.43. The van der Waals surface area contributed by atoms with E-state index in [4.69, 9.17) is 5.73 Å². The third-order valence-electron chi connectivity index (χ3n) is 3.56. The molecule has 1 aliphatic rings. The molecule has 1 aromatic rings. The van der Waals surface area contributed by atoms with Gasteiger partial charge in [0.1, 0.15) is 5.82 Å². The zero-order valence-corrected chi connectivity index (χ0v) is 10.4. The van der Waals surface area contributed by atoms with Crippen LogP contribution in [0.3, 0.4) is 0 Å². The van der Waals surface area contributed by atoms with Crippen LogP contribution >= 0.6 is 0 Å². The molecule has 0 bridgehead atoms. The van der Waals surface area contributed by atoms with Gasteiger partial charge in [-0.15, -0.1) is 0 Å². The third-order valence-corrected chi connectivity index (χ3v) is 3.56. The summed E-state index contributed by atoms with van der Waals surface area (Å²) in [5.74, 6) is 1.86. The van der Waals surface area contributed by atoms with Gasteiger partial charge in [0.2, 0.25) is 0 Å². The molecule has 3 nitrogen and oxygen atoms in total. The number of aryl methyl sites for hydroxylation is 1. The quantitative estimate of drug-likeness (QED) is 0.789. The van der Waals surface area contributed by atoms with Crippen LogP contribution in [-0.4, -0.2) is 17.6 Å². The van der Waals surface area contributed by atoms with Gasteiger partial charge in [-0.05, 0) is 38.2 Å². The Hall–Kier alpha value is -1.25. The van der Waals surface area contributed by atoms with Crippen LogP contribution in [0, 0.1) is 12.8 Å². The van der Waals surface area contributed by atoms with Crippen molar-refractivity contribution in [2.45, 2.75) is 39.7 Å². The van der Waals surface area contributed by atoms with Gasteiger partial charge in [0.25, 0.3) is 0 Å². The van der Waals surface area contributed by atoms with Crippen LogP contribution in [0.5, 0.6) is 0 Å². The second-order valence-electron chi connectivity index (χ2n) is 5.07. The molecule has 0 aliphatic carbocycles. The molecule has 0 aromatic carbocycles. The smallest absolute Gasteiger partial charge is 0.130 e. The van der Waals surface area contributed by atoms with Crippen molar-refractivity contribution in [2.75, 3.05) is 17.2 Å². The van der Waals surface area contributed by atoms with Gasteiger partial charge >= 0.3 is 0 Å². The molecule has 0 radical (unpaired) electrons. The first-order chi connectivity index (χ1) is 7.58. The van der Waals surface area contributed by atoms with Crippen LogP contribution in [0.2, 0.25) is 0 Å². The molecule has 3 heteroatoms. The van der Waals surface area contributed by atoms with E-state index >= 15 is 0 Å². The zero-order chi connectivity index (χ0) is 11.7. The van der Waals surface area contributed by atoms with Gasteiger partial charge in [0.15, 0.2) is 0 Å². The molecule has 2 atom stereocenters. The number of hydrogen-bond acceptors (Lipinski definition) is 3. The highest BCUT2D eigenvalue weighted by Gasteiger charge is 2.23. The number of piperidine rings is 1. The third kappa shape index (κ3) is 2.13. The lowest BCUT2D eigenvalue weighted by Gasteiger charge is -2.37. The van der Waals surface area contributed by atoms with Gasteiger partial charge in [-0.1, -0.05) is 6.92 Å². The van der Waals surface area contributed by atoms with E-state index in [1.54, 1.807) is 0 Å². The molecule has 0 spiro atoms. The fraction of sp³-hybridized carbons (Fsp3) is 0.615. The monoisotopic (exact) mass is 219 g/mol. The lowest BCUT2D eigenvalue weighted by molar-refractivity contribution is 0.376. The van der Waals surface area contributed by atoms with Crippen molar-refractivity contribution < 1.29 is 0 Å². The van der Waals surface area contributed by atoms with Gasteiger partial charge in [0.05, 0.1) is 0 Å². The summed E-state index contributed by atoms with van der Waals surface area (Å²) in [6.45, 7) is 7.68. The summed E-state index contributed by atoms with van der Waals surface area (Å²) < 4.78 is 0. The summed E-state index contributed by atoms with van der Waals surface area (Å²) in [4.78, 5) is 6.85. The van der Waals surface area contributed by atoms with E-state index < -0.39 is 0 Å². The number of hydrogen-bond donors (Lipinski definition) is 1. The minimum Gasteiger partial charge on any atom is -0.398 e. The summed E-state index contributed by atoms with van der Waals surface area (Å²) in [5, 5.41) is 0. The Morgan fingerprint density at radius 3 is 2.81 bits per heavy atom. The van der Waals surface area contributed by atoms with Crippen molar-refractivity contribution in [2.24, 2.45) is 5.92 Å². The van der Waals surface area contributed by atoms with E-state index in [9.17, 15) is 0 Å². The molecule has 2 heterocycles. The molecule has 2 unspecified atom stereocenters. The molecule has 2 rings (SSSR count). The number of nitrogens with zero attached hydrogens (tertiary/aromatic N) is 2. The first-order valence-corrected chi connectivity index (χ1v) is 6.06. The van der Waals surface area contributed by atoms with Crippen molar-refractivity contribution in [3.8, 4) is 0 Å². The van der Waals surface area contributed by atoms with Crippen molar-refractivity contribution >= 4 is 11.5 Å². The highest BCUT2D eigenvalue weighted by atomic mass is 15.2. The molecular weight excluding hydrogens is 198 g/mol. The largest absolute Gasteiger partial charge is 0.398 e. The standard InChI is InChI=1S/C13H21N3/c1-9-4-5-16(11(3)6-9)13-7-12(14)10(2)8-15-13/h7-9,11H,4-6H2,1-3H3,(H2,14,15). The van der Waals surface area contributed by atoms with Crippen LogP contribution < -0.4 is 10.6 Å². The average molecular weight is 219 g/mol. The van der Waals surface area contributed by atoms with Crippen molar-refractivity contribution in [1.82, 2.24) is 4.98 Å². The van der Waals surface area contributed by atoms with Crippen molar-refractivity contribution in [3.63, 3.8) is 0 Å². The Morgan fingerprint density at radius 1 is 1.44 bits per heavy atom. The summed E-state index contributed by atoms with van der Waals surface area (Å²) in [6.07, 6.45) is 4.37. The Balaban J connectivity index is 2.20. The minimum absolute atomic E-state index is 0.568. The highest BCUT2D eigenvalue weighted by Crippen LogP contribution is 2.27. The first-order valence-electron chi connectivity index (χ1n) is 6.06. The number of nitrogen functional groups attached to an aromatic ring is 1.